The Balaban J connectivity index is 1.59. The molecule has 0 aliphatic heterocycles. The van der Waals surface area contributed by atoms with E-state index in [0.29, 0.717) is 12.2 Å². The predicted molar refractivity (Wildman–Crippen MR) is 87.7 cm³/mol. The predicted octanol–water partition coefficient (Wildman–Crippen LogP) is 1.99. The molecule has 0 unspecified atom stereocenters. The molecule has 0 radical (unpaired) electrons. The molecule has 0 aliphatic carbocycles. The maximum atomic E-state index is 11.5. The Morgan fingerprint density at radius 3 is 2.58 bits per heavy atom. The first-order valence-electron chi connectivity index (χ1n) is 7.19. The van der Waals surface area contributed by atoms with E-state index in [1.807, 2.05) is 18.2 Å². The van der Waals surface area contributed by atoms with E-state index in [9.17, 15) is 8.42 Å². The fraction of sp³-hybridized carbons (Fsp3) is 0.188. The summed E-state index contributed by atoms with van der Waals surface area (Å²) in [6.45, 7) is 0.651. The van der Waals surface area contributed by atoms with E-state index in [-0.39, 0.29) is 11.5 Å². The zero-order valence-electron chi connectivity index (χ0n) is 13.0. The van der Waals surface area contributed by atoms with E-state index in [1.165, 1.54) is 6.20 Å². The zero-order valence-corrected chi connectivity index (χ0v) is 13.8. The van der Waals surface area contributed by atoms with Gasteiger partial charge in [-0.3, -0.25) is 15.1 Å². The number of ether oxygens (including phenoxy) is 1. The van der Waals surface area contributed by atoms with Crippen molar-refractivity contribution in [3.05, 3.63) is 60.2 Å². The van der Waals surface area contributed by atoms with Crippen LogP contribution in [0.1, 0.15) is 11.1 Å². The van der Waals surface area contributed by atoms with Gasteiger partial charge in [-0.1, -0.05) is 6.07 Å². The second-order valence-corrected chi connectivity index (χ2v) is 7.33. The van der Waals surface area contributed by atoms with Gasteiger partial charge < -0.3 is 4.74 Å². The highest BCUT2D eigenvalue weighted by molar-refractivity contribution is 7.90. The minimum atomic E-state index is -3.26. The van der Waals surface area contributed by atoms with Crippen molar-refractivity contribution in [2.45, 2.75) is 18.1 Å². The number of hydrogen-bond donors (Lipinski definition) is 1. The first kappa shape index (κ1) is 16.3. The van der Waals surface area contributed by atoms with Gasteiger partial charge in [-0.25, -0.2) is 8.42 Å². The number of aromatic nitrogens is 4. The van der Waals surface area contributed by atoms with Gasteiger partial charge in [-0.05, 0) is 29.3 Å². The Hall–Kier alpha value is -2.58. The molecule has 0 saturated carbocycles. The summed E-state index contributed by atoms with van der Waals surface area (Å²) < 4.78 is 28.6. The van der Waals surface area contributed by atoms with Gasteiger partial charge in [0, 0.05) is 31.0 Å². The van der Waals surface area contributed by atoms with Gasteiger partial charge >= 0.3 is 0 Å². The van der Waals surface area contributed by atoms with Gasteiger partial charge in [0.1, 0.15) is 0 Å². The van der Waals surface area contributed by atoms with Gasteiger partial charge in [0.05, 0.1) is 29.5 Å². The molecule has 3 aromatic heterocycles. The molecule has 1 N–H and O–H groups in total. The van der Waals surface area contributed by atoms with Crippen molar-refractivity contribution in [2.24, 2.45) is 0 Å². The van der Waals surface area contributed by atoms with E-state index in [1.54, 1.807) is 24.7 Å². The lowest BCUT2D eigenvalue weighted by atomic mass is 10.2. The standard InChI is InChI=1S/C16H16N4O3S/c1-24(21,22)14-6-13(7-17-9-14)11-23-10-12-2-3-15(18-8-12)16-4-5-19-20-16/h2-9H,10-11H2,1H3,(H,19,20). The lowest BCUT2D eigenvalue weighted by molar-refractivity contribution is 0.106. The number of sulfone groups is 1. The molecule has 7 nitrogen and oxygen atoms in total. The SMILES string of the molecule is CS(=O)(=O)c1cncc(COCc2ccc(-c3ccn[nH]3)nc2)c1. The normalized spacial score (nSPS) is 11.5. The highest BCUT2D eigenvalue weighted by atomic mass is 32.2. The molecule has 0 fully saturated rings. The van der Waals surface area contributed by atoms with Crippen molar-refractivity contribution in [1.82, 2.24) is 20.2 Å². The Labute approximate surface area is 139 Å². The summed E-state index contributed by atoms with van der Waals surface area (Å²) in [5.74, 6) is 0. The number of nitrogens with one attached hydrogen (secondary N) is 1. The van der Waals surface area contributed by atoms with E-state index in [2.05, 4.69) is 20.2 Å². The summed E-state index contributed by atoms with van der Waals surface area (Å²) in [5.41, 5.74) is 3.29. The smallest absolute Gasteiger partial charge is 0.177 e. The van der Waals surface area contributed by atoms with Gasteiger partial charge in [-0.2, -0.15) is 5.10 Å². The monoisotopic (exact) mass is 344 g/mol. The summed E-state index contributed by atoms with van der Waals surface area (Å²) in [6, 6.07) is 7.23. The average Bonchev–Trinajstić information content (AvgIpc) is 3.10. The van der Waals surface area contributed by atoms with Crippen LogP contribution in [0.15, 0.2) is 53.9 Å². The van der Waals surface area contributed by atoms with Crippen molar-refractivity contribution in [2.75, 3.05) is 6.26 Å². The van der Waals surface area contributed by atoms with Crippen molar-refractivity contribution in [3.8, 4) is 11.4 Å². The zero-order chi connectivity index (χ0) is 17.0. The first-order chi connectivity index (χ1) is 11.5. The summed E-state index contributed by atoms with van der Waals surface area (Å²) in [4.78, 5) is 8.48. The number of hydrogen-bond acceptors (Lipinski definition) is 6. The second kappa shape index (κ2) is 6.90. The minimum Gasteiger partial charge on any atom is -0.372 e. The van der Waals surface area contributed by atoms with Crippen molar-refractivity contribution in [1.29, 1.82) is 0 Å². The summed E-state index contributed by atoms with van der Waals surface area (Å²) in [7, 11) is -3.26. The third kappa shape index (κ3) is 4.03. The van der Waals surface area contributed by atoms with Crippen molar-refractivity contribution < 1.29 is 13.2 Å². The number of pyridine rings is 2. The molecule has 3 rings (SSSR count). The molecule has 3 heterocycles. The number of rotatable bonds is 6. The maximum Gasteiger partial charge on any atom is 0.177 e. The molecule has 0 saturated heterocycles. The maximum absolute atomic E-state index is 11.5. The molecule has 3 aromatic rings. The molecule has 124 valence electrons. The highest BCUT2D eigenvalue weighted by Crippen LogP contribution is 2.14. The molecule has 0 aromatic carbocycles. The largest absolute Gasteiger partial charge is 0.372 e. The lowest BCUT2D eigenvalue weighted by Crippen LogP contribution is -2.01. The molecular formula is C16H16N4O3S. The van der Waals surface area contributed by atoms with Gasteiger partial charge in [0.25, 0.3) is 0 Å². The number of H-pyrrole nitrogens is 1. The Kier molecular flexibility index (Phi) is 4.68. The van der Waals surface area contributed by atoms with Gasteiger partial charge in [0.15, 0.2) is 9.84 Å². The van der Waals surface area contributed by atoms with Crippen LogP contribution in [0.3, 0.4) is 0 Å². The fourth-order valence-corrected chi connectivity index (χ4v) is 2.72. The van der Waals surface area contributed by atoms with Crippen LogP contribution in [0, 0.1) is 0 Å². The van der Waals surface area contributed by atoms with Crippen LogP contribution in [0.4, 0.5) is 0 Å². The van der Waals surface area contributed by atoms with Crippen LogP contribution >= 0.6 is 0 Å². The minimum absolute atomic E-state index is 0.189. The first-order valence-corrected chi connectivity index (χ1v) is 9.08. The van der Waals surface area contributed by atoms with E-state index >= 15 is 0 Å². The van der Waals surface area contributed by atoms with E-state index in [4.69, 9.17) is 4.74 Å². The Morgan fingerprint density at radius 1 is 1.08 bits per heavy atom. The molecule has 24 heavy (non-hydrogen) atoms. The van der Waals surface area contributed by atoms with Crippen LogP contribution in [-0.2, 0) is 27.8 Å². The second-order valence-electron chi connectivity index (χ2n) is 5.32. The Bertz CT molecular complexity index is 907. The van der Waals surface area contributed by atoms with Crippen molar-refractivity contribution >= 4 is 9.84 Å². The van der Waals surface area contributed by atoms with Crippen LogP contribution in [0.2, 0.25) is 0 Å². The third-order valence-corrected chi connectivity index (χ3v) is 4.42. The van der Waals surface area contributed by atoms with Gasteiger partial charge in [-0.15, -0.1) is 0 Å². The summed E-state index contributed by atoms with van der Waals surface area (Å²) in [5, 5.41) is 6.75. The molecule has 0 amide bonds. The van der Waals surface area contributed by atoms with Crippen LogP contribution < -0.4 is 0 Å². The quantitative estimate of drug-likeness (QED) is 0.734. The summed E-state index contributed by atoms with van der Waals surface area (Å²) in [6.07, 6.45) is 7.49. The van der Waals surface area contributed by atoms with Gasteiger partial charge in [0.2, 0.25) is 0 Å². The van der Waals surface area contributed by atoms with Crippen LogP contribution in [0.5, 0.6) is 0 Å². The lowest BCUT2D eigenvalue weighted by Gasteiger charge is -2.06. The average molecular weight is 344 g/mol. The highest BCUT2D eigenvalue weighted by Gasteiger charge is 2.08. The fourth-order valence-electron chi connectivity index (χ4n) is 2.10. The molecule has 0 atom stereocenters. The topological polar surface area (TPSA) is 97.8 Å². The van der Waals surface area contributed by atoms with E-state index in [0.717, 1.165) is 23.2 Å². The number of aromatic amines is 1. The van der Waals surface area contributed by atoms with Crippen LogP contribution in [0.25, 0.3) is 11.4 Å². The molecule has 0 bridgehead atoms. The molecular weight excluding hydrogens is 328 g/mol. The number of nitrogens with zero attached hydrogens (tertiary/aromatic N) is 3. The molecule has 0 spiro atoms. The molecule has 0 aliphatic rings. The van der Waals surface area contributed by atoms with Crippen LogP contribution in [-0.4, -0.2) is 34.8 Å². The summed E-state index contributed by atoms with van der Waals surface area (Å²) >= 11 is 0. The molecule has 8 heteroatoms. The van der Waals surface area contributed by atoms with E-state index < -0.39 is 9.84 Å². The third-order valence-electron chi connectivity index (χ3n) is 3.34. The van der Waals surface area contributed by atoms with Crippen molar-refractivity contribution in [3.63, 3.8) is 0 Å². The Morgan fingerprint density at radius 2 is 1.92 bits per heavy atom.